The maximum absolute atomic E-state index is 12.4. The van der Waals surface area contributed by atoms with Gasteiger partial charge in [0.25, 0.3) is 5.91 Å². The number of hydrogen-bond acceptors (Lipinski definition) is 6. The first-order chi connectivity index (χ1) is 14.9. The van der Waals surface area contributed by atoms with Gasteiger partial charge in [0.05, 0.1) is 28.3 Å². The van der Waals surface area contributed by atoms with Crippen molar-refractivity contribution in [3.8, 4) is 0 Å². The molecule has 0 radical (unpaired) electrons. The van der Waals surface area contributed by atoms with Crippen molar-refractivity contribution in [2.75, 3.05) is 44.3 Å². The van der Waals surface area contributed by atoms with Gasteiger partial charge >= 0.3 is 6.09 Å². The lowest BCUT2D eigenvalue weighted by Gasteiger charge is -2.34. The molecule has 3 amide bonds. The molecule has 1 aliphatic heterocycles. The molecule has 2 aromatic rings. The number of ether oxygens (including phenoxy) is 1. The number of hydrogen-bond donors (Lipinski definition) is 0. The highest BCUT2D eigenvalue weighted by Gasteiger charge is 2.24. The van der Waals surface area contributed by atoms with E-state index in [0.717, 1.165) is 10.2 Å². The second-order valence-electron chi connectivity index (χ2n) is 6.81. The first-order valence-corrected chi connectivity index (χ1v) is 12.4. The van der Waals surface area contributed by atoms with Crippen LogP contribution < -0.4 is 4.80 Å². The third-order valence-electron chi connectivity index (χ3n) is 4.79. The van der Waals surface area contributed by atoms with E-state index in [1.54, 1.807) is 16.7 Å². The van der Waals surface area contributed by atoms with Gasteiger partial charge in [-0.3, -0.25) is 9.59 Å². The third-order valence-corrected chi connectivity index (χ3v) is 6.97. The predicted molar refractivity (Wildman–Crippen MR) is 124 cm³/mol. The van der Waals surface area contributed by atoms with Crippen LogP contribution in [0.4, 0.5) is 4.79 Å². The lowest BCUT2D eigenvalue weighted by molar-refractivity contribution is -0.129. The van der Waals surface area contributed by atoms with E-state index in [1.807, 2.05) is 29.7 Å². The van der Waals surface area contributed by atoms with Gasteiger partial charge in [-0.15, -0.1) is 11.8 Å². The molecule has 1 fully saturated rings. The molecule has 0 unspecified atom stereocenters. The van der Waals surface area contributed by atoms with E-state index in [2.05, 4.69) is 4.99 Å². The van der Waals surface area contributed by atoms with Crippen molar-refractivity contribution in [2.45, 2.75) is 20.4 Å². The zero-order chi connectivity index (χ0) is 22.4. The molecule has 31 heavy (non-hydrogen) atoms. The number of rotatable bonds is 6. The number of nitrogens with zero attached hydrogens (tertiary/aromatic N) is 4. The Morgan fingerprint density at radius 3 is 2.52 bits per heavy atom. The molecule has 2 heterocycles. The predicted octanol–water partition coefficient (Wildman–Crippen LogP) is 2.84. The van der Waals surface area contributed by atoms with Crippen molar-refractivity contribution >= 4 is 62.8 Å². The van der Waals surface area contributed by atoms with E-state index < -0.39 is 0 Å². The minimum absolute atomic E-state index is 0.0403. The van der Waals surface area contributed by atoms with E-state index in [4.69, 9.17) is 16.3 Å². The Morgan fingerprint density at radius 2 is 1.84 bits per heavy atom. The third kappa shape index (κ3) is 6.02. The van der Waals surface area contributed by atoms with Gasteiger partial charge in [0.15, 0.2) is 4.80 Å². The van der Waals surface area contributed by atoms with Crippen LogP contribution in [0.3, 0.4) is 0 Å². The SMILES string of the molecule is CCOC(=O)N1CCN(C(=O)CSCC(=O)N=c2sc3cc(Cl)ccc3n2CC)CC1. The summed E-state index contributed by atoms with van der Waals surface area (Å²) in [7, 11) is 0. The highest BCUT2D eigenvalue weighted by atomic mass is 35.5. The van der Waals surface area contributed by atoms with Crippen LogP contribution in [0.25, 0.3) is 10.2 Å². The summed E-state index contributed by atoms with van der Waals surface area (Å²) in [6.07, 6.45) is -0.344. The van der Waals surface area contributed by atoms with Crippen molar-refractivity contribution in [1.82, 2.24) is 14.4 Å². The van der Waals surface area contributed by atoms with Gasteiger partial charge in [0.2, 0.25) is 5.91 Å². The molecule has 1 aliphatic rings. The quantitative estimate of drug-likeness (QED) is 0.629. The molecule has 11 heteroatoms. The van der Waals surface area contributed by atoms with Crippen LogP contribution >= 0.6 is 34.7 Å². The van der Waals surface area contributed by atoms with E-state index in [1.165, 1.54) is 23.1 Å². The standard InChI is InChI=1S/C20H25ClN4O4S2/c1-3-25-15-6-5-14(21)11-16(15)31-19(25)22-17(26)12-30-13-18(27)23-7-9-24(10-8-23)20(28)29-4-2/h5-6,11H,3-4,7-10,12-13H2,1-2H3. The van der Waals surface area contributed by atoms with Gasteiger partial charge in [-0.05, 0) is 32.0 Å². The number of carbonyl (C=O) groups excluding carboxylic acids is 3. The van der Waals surface area contributed by atoms with Crippen LogP contribution in [0.5, 0.6) is 0 Å². The fourth-order valence-electron chi connectivity index (χ4n) is 3.25. The Hall–Kier alpha value is -2.04. The van der Waals surface area contributed by atoms with Crippen LogP contribution in [-0.4, -0.2) is 76.6 Å². The number of thioether (sulfide) groups is 1. The average molecular weight is 485 g/mol. The minimum Gasteiger partial charge on any atom is -0.450 e. The maximum atomic E-state index is 12.4. The van der Waals surface area contributed by atoms with E-state index in [9.17, 15) is 14.4 Å². The van der Waals surface area contributed by atoms with Gasteiger partial charge in [-0.2, -0.15) is 4.99 Å². The van der Waals surface area contributed by atoms with Crippen molar-refractivity contribution in [1.29, 1.82) is 0 Å². The molecular formula is C20H25ClN4O4S2. The Kier molecular flexibility index (Phi) is 8.39. The summed E-state index contributed by atoms with van der Waals surface area (Å²) < 4.78 is 7.94. The first kappa shape index (κ1) is 23.6. The van der Waals surface area contributed by atoms with Crippen molar-refractivity contribution < 1.29 is 19.1 Å². The number of benzene rings is 1. The molecule has 8 nitrogen and oxygen atoms in total. The summed E-state index contributed by atoms with van der Waals surface area (Å²) in [4.78, 5) is 44.7. The maximum Gasteiger partial charge on any atom is 0.409 e. The molecule has 0 bridgehead atoms. The van der Waals surface area contributed by atoms with Crippen molar-refractivity contribution in [3.05, 3.63) is 28.0 Å². The Morgan fingerprint density at radius 1 is 1.13 bits per heavy atom. The first-order valence-electron chi connectivity index (χ1n) is 10.1. The van der Waals surface area contributed by atoms with Crippen LogP contribution in [0.15, 0.2) is 23.2 Å². The Labute approximate surface area is 193 Å². The number of piperazine rings is 1. The van der Waals surface area contributed by atoms with Gasteiger partial charge < -0.3 is 19.1 Å². The largest absolute Gasteiger partial charge is 0.450 e. The van der Waals surface area contributed by atoms with E-state index in [0.29, 0.717) is 49.2 Å². The van der Waals surface area contributed by atoms with Gasteiger partial charge in [-0.1, -0.05) is 22.9 Å². The molecule has 3 rings (SSSR count). The van der Waals surface area contributed by atoms with Crippen LogP contribution in [0.1, 0.15) is 13.8 Å². The molecule has 1 aromatic heterocycles. The molecule has 0 saturated carbocycles. The molecule has 1 aromatic carbocycles. The normalized spacial score (nSPS) is 14.9. The van der Waals surface area contributed by atoms with Crippen LogP contribution in [0.2, 0.25) is 5.02 Å². The lowest BCUT2D eigenvalue weighted by atomic mass is 10.3. The zero-order valence-electron chi connectivity index (χ0n) is 17.5. The smallest absolute Gasteiger partial charge is 0.409 e. The second kappa shape index (κ2) is 11.0. The van der Waals surface area contributed by atoms with E-state index >= 15 is 0 Å². The molecule has 0 aliphatic carbocycles. The van der Waals surface area contributed by atoms with Crippen LogP contribution in [-0.2, 0) is 20.9 Å². The molecule has 1 saturated heterocycles. The monoisotopic (exact) mass is 484 g/mol. The summed E-state index contributed by atoms with van der Waals surface area (Å²) in [6.45, 7) is 6.64. The molecule has 0 N–H and O–H groups in total. The van der Waals surface area contributed by atoms with E-state index in [-0.39, 0.29) is 29.4 Å². The number of aryl methyl sites for hydroxylation is 1. The number of thiazole rings is 1. The van der Waals surface area contributed by atoms with Gasteiger partial charge in [0.1, 0.15) is 0 Å². The van der Waals surface area contributed by atoms with Gasteiger partial charge in [0, 0.05) is 37.7 Å². The number of amides is 3. The summed E-state index contributed by atoms with van der Waals surface area (Å²) in [6, 6.07) is 5.62. The summed E-state index contributed by atoms with van der Waals surface area (Å²) in [5.41, 5.74) is 0.994. The molecule has 0 spiro atoms. The zero-order valence-corrected chi connectivity index (χ0v) is 19.9. The Balaban J connectivity index is 1.51. The minimum atomic E-state index is -0.344. The molecule has 0 atom stereocenters. The highest BCUT2D eigenvalue weighted by Crippen LogP contribution is 2.21. The number of halogens is 1. The fourth-order valence-corrected chi connectivity index (χ4v) is 5.33. The Bertz CT molecular complexity index is 1030. The highest BCUT2D eigenvalue weighted by molar-refractivity contribution is 8.00. The summed E-state index contributed by atoms with van der Waals surface area (Å²) in [5, 5.41) is 0.645. The average Bonchev–Trinajstić information content (AvgIpc) is 3.09. The van der Waals surface area contributed by atoms with Crippen molar-refractivity contribution in [2.24, 2.45) is 4.99 Å². The fraction of sp³-hybridized carbons (Fsp3) is 0.500. The lowest BCUT2D eigenvalue weighted by Crippen LogP contribution is -2.51. The van der Waals surface area contributed by atoms with Crippen LogP contribution in [0, 0.1) is 0 Å². The number of carbonyl (C=O) groups is 3. The molecule has 168 valence electrons. The summed E-state index contributed by atoms with van der Waals surface area (Å²) in [5.74, 6) is 0.0233. The summed E-state index contributed by atoms with van der Waals surface area (Å²) >= 11 is 8.74. The molecular weight excluding hydrogens is 460 g/mol. The second-order valence-corrected chi connectivity index (χ2v) is 9.24. The number of aromatic nitrogens is 1. The topological polar surface area (TPSA) is 84.2 Å². The number of fused-ring (bicyclic) bond motifs is 1. The van der Waals surface area contributed by atoms with Gasteiger partial charge in [-0.25, -0.2) is 4.79 Å². The van der Waals surface area contributed by atoms with Crippen molar-refractivity contribution in [3.63, 3.8) is 0 Å².